The lowest BCUT2D eigenvalue weighted by Gasteiger charge is -2.30. The van der Waals surface area contributed by atoms with Crippen molar-refractivity contribution < 1.29 is 31.2 Å². The van der Waals surface area contributed by atoms with Crippen molar-refractivity contribution in [3.8, 4) is 0 Å². The van der Waals surface area contributed by atoms with Crippen molar-refractivity contribution in [2.45, 2.75) is 58.7 Å². The fourth-order valence-electron chi connectivity index (χ4n) is 3.50. The first kappa shape index (κ1) is 29.2. The highest BCUT2D eigenvalue weighted by Crippen LogP contribution is 2.22. The minimum atomic E-state index is -3.86. The number of anilines is 1. The van der Waals surface area contributed by atoms with Crippen LogP contribution in [0.15, 0.2) is 42.5 Å². The summed E-state index contributed by atoms with van der Waals surface area (Å²) in [5.74, 6) is -3.71. The van der Waals surface area contributed by atoms with Crippen molar-refractivity contribution in [3.63, 3.8) is 0 Å². The Kier molecular flexibility index (Phi) is 10.3. The molecule has 0 aliphatic rings. The lowest BCUT2D eigenvalue weighted by molar-refractivity contribution is -0.141. The Bertz CT molecular complexity index is 1180. The summed E-state index contributed by atoms with van der Waals surface area (Å²) in [5, 5.41) is 2.81. The smallest absolute Gasteiger partial charge is 0.242 e. The molecule has 2 rings (SSSR count). The number of rotatable bonds is 12. The summed E-state index contributed by atoms with van der Waals surface area (Å²) in [4.78, 5) is 27.2. The maximum Gasteiger partial charge on any atom is 0.242 e. The van der Waals surface area contributed by atoms with Crippen LogP contribution in [0.1, 0.15) is 45.6 Å². The molecule has 0 aliphatic heterocycles. The van der Waals surface area contributed by atoms with Crippen molar-refractivity contribution in [2.24, 2.45) is 0 Å². The van der Waals surface area contributed by atoms with E-state index in [9.17, 15) is 31.2 Å². The molecule has 36 heavy (non-hydrogen) atoms. The molecule has 0 fully saturated rings. The van der Waals surface area contributed by atoms with Gasteiger partial charge in [0.05, 0.1) is 11.9 Å². The molecule has 0 spiro atoms. The first-order chi connectivity index (χ1) is 16.8. The first-order valence-corrected chi connectivity index (χ1v) is 13.5. The number of carbonyl (C=O) groups excluding carboxylic acids is 2. The van der Waals surface area contributed by atoms with Crippen LogP contribution in [-0.2, 0) is 26.2 Å². The summed E-state index contributed by atoms with van der Waals surface area (Å²) in [7, 11) is -3.86. The van der Waals surface area contributed by atoms with Gasteiger partial charge in [-0.2, -0.15) is 0 Å². The van der Waals surface area contributed by atoms with Crippen LogP contribution in [0.4, 0.5) is 18.9 Å². The van der Waals surface area contributed by atoms with Crippen LogP contribution in [0.25, 0.3) is 0 Å². The van der Waals surface area contributed by atoms with Gasteiger partial charge in [0.15, 0.2) is 11.6 Å². The molecular formula is C25H32F3N3O4S. The normalized spacial score (nSPS) is 13.1. The van der Waals surface area contributed by atoms with Gasteiger partial charge in [0.1, 0.15) is 11.9 Å². The zero-order valence-corrected chi connectivity index (χ0v) is 21.6. The fourth-order valence-corrected chi connectivity index (χ4v) is 4.46. The summed E-state index contributed by atoms with van der Waals surface area (Å²) in [5.41, 5.74) is 0.155. The third kappa shape index (κ3) is 7.97. The van der Waals surface area contributed by atoms with Crippen molar-refractivity contribution >= 4 is 27.5 Å². The largest absolute Gasteiger partial charge is 0.352 e. The average Bonchev–Trinajstić information content (AvgIpc) is 2.81. The van der Waals surface area contributed by atoms with Crippen LogP contribution < -0.4 is 9.62 Å². The van der Waals surface area contributed by atoms with Crippen LogP contribution in [0.2, 0.25) is 0 Å². The highest BCUT2D eigenvalue weighted by molar-refractivity contribution is 7.92. The maximum atomic E-state index is 14.3. The summed E-state index contributed by atoms with van der Waals surface area (Å²) in [6.07, 6.45) is 1.47. The zero-order chi connectivity index (χ0) is 27.0. The van der Waals surface area contributed by atoms with E-state index in [0.717, 1.165) is 28.8 Å². The molecular weight excluding hydrogens is 495 g/mol. The minimum absolute atomic E-state index is 0.0262. The Morgan fingerprint density at radius 2 is 1.67 bits per heavy atom. The van der Waals surface area contributed by atoms with Gasteiger partial charge in [-0.05, 0) is 44.9 Å². The first-order valence-electron chi connectivity index (χ1n) is 11.6. The molecule has 0 heterocycles. The van der Waals surface area contributed by atoms with E-state index in [-0.39, 0.29) is 43.2 Å². The minimum Gasteiger partial charge on any atom is -0.352 e. The second kappa shape index (κ2) is 12.8. The average molecular weight is 528 g/mol. The number of halogens is 3. The molecule has 0 bridgehead atoms. The number of carbonyl (C=O) groups is 2. The Hall–Kier alpha value is -3.08. The molecule has 0 saturated heterocycles. The molecule has 0 unspecified atom stereocenters. The molecule has 2 amide bonds. The highest BCUT2D eigenvalue weighted by Gasteiger charge is 2.28. The predicted octanol–water partition coefficient (Wildman–Crippen LogP) is 3.98. The molecule has 0 aliphatic carbocycles. The Morgan fingerprint density at radius 3 is 2.25 bits per heavy atom. The van der Waals surface area contributed by atoms with Gasteiger partial charge in [0.2, 0.25) is 21.8 Å². The SMILES string of the molecule is CC[C@@H](C)NC(=O)[C@@H](C)N(Cc1ccccc1F)C(=O)CCCN(c1ccc(F)c(F)c1)S(C)(=O)=O. The molecule has 2 atom stereocenters. The van der Waals surface area contributed by atoms with Crippen molar-refractivity contribution in [1.29, 1.82) is 0 Å². The van der Waals surface area contributed by atoms with Crippen LogP contribution in [0.5, 0.6) is 0 Å². The molecule has 1 N–H and O–H groups in total. The summed E-state index contributed by atoms with van der Waals surface area (Å²) in [6, 6.07) is 7.60. The zero-order valence-electron chi connectivity index (χ0n) is 20.8. The number of hydrogen-bond donors (Lipinski definition) is 1. The van der Waals surface area contributed by atoms with E-state index in [0.29, 0.717) is 6.42 Å². The number of nitrogens with zero attached hydrogens (tertiary/aromatic N) is 2. The lowest BCUT2D eigenvalue weighted by atomic mass is 10.1. The second-order valence-corrected chi connectivity index (χ2v) is 10.6. The maximum absolute atomic E-state index is 14.3. The summed E-state index contributed by atoms with van der Waals surface area (Å²) >= 11 is 0. The molecule has 0 saturated carbocycles. The van der Waals surface area contributed by atoms with E-state index in [1.165, 1.54) is 23.1 Å². The monoisotopic (exact) mass is 527 g/mol. The van der Waals surface area contributed by atoms with Crippen LogP contribution in [0, 0.1) is 17.5 Å². The van der Waals surface area contributed by atoms with E-state index >= 15 is 0 Å². The molecule has 198 valence electrons. The van der Waals surface area contributed by atoms with Crippen molar-refractivity contribution in [1.82, 2.24) is 10.2 Å². The summed E-state index contributed by atoms with van der Waals surface area (Å²) in [6.45, 7) is 4.93. The van der Waals surface area contributed by atoms with E-state index in [2.05, 4.69) is 5.32 Å². The number of benzene rings is 2. The van der Waals surface area contributed by atoms with Gasteiger partial charge >= 0.3 is 0 Å². The number of nitrogens with one attached hydrogen (secondary N) is 1. The van der Waals surface area contributed by atoms with E-state index in [1.54, 1.807) is 13.0 Å². The third-order valence-electron chi connectivity index (χ3n) is 5.81. The van der Waals surface area contributed by atoms with Gasteiger partial charge in [0, 0.05) is 37.2 Å². The van der Waals surface area contributed by atoms with E-state index in [4.69, 9.17) is 0 Å². The van der Waals surface area contributed by atoms with Crippen LogP contribution >= 0.6 is 0 Å². The molecule has 11 heteroatoms. The number of sulfonamides is 1. The third-order valence-corrected chi connectivity index (χ3v) is 7.00. The van der Waals surface area contributed by atoms with Gasteiger partial charge in [-0.3, -0.25) is 13.9 Å². The molecule has 2 aromatic carbocycles. The van der Waals surface area contributed by atoms with E-state index < -0.39 is 45.3 Å². The van der Waals surface area contributed by atoms with Crippen LogP contribution in [-0.4, -0.2) is 50.0 Å². The van der Waals surface area contributed by atoms with Gasteiger partial charge < -0.3 is 10.2 Å². The Balaban J connectivity index is 2.20. The molecule has 2 aromatic rings. The predicted molar refractivity (Wildman–Crippen MR) is 132 cm³/mol. The lowest BCUT2D eigenvalue weighted by Crippen LogP contribution is -2.49. The van der Waals surface area contributed by atoms with E-state index in [1.807, 2.05) is 13.8 Å². The van der Waals surface area contributed by atoms with Gasteiger partial charge in [-0.25, -0.2) is 21.6 Å². The molecule has 7 nitrogen and oxygen atoms in total. The van der Waals surface area contributed by atoms with Gasteiger partial charge in [0.25, 0.3) is 0 Å². The van der Waals surface area contributed by atoms with Crippen LogP contribution in [0.3, 0.4) is 0 Å². The number of amides is 2. The van der Waals surface area contributed by atoms with Gasteiger partial charge in [-0.1, -0.05) is 25.1 Å². The Morgan fingerprint density at radius 1 is 1.00 bits per heavy atom. The highest BCUT2D eigenvalue weighted by atomic mass is 32.2. The topological polar surface area (TPSA) is 86.8 Å². The quantitative estimate of drug-likeness (QED) is 0.452. The van der Waals surface area contributed by atoms with Gasteiger partial charge in [-0.15, -0.1) is 0 Å². The number of hydrogen-bond acceptors (Lipinski definition) is 4. The molecule has 0 aromatic heterocycles. The standard InChI is InChI=1S/C25H32F3N3O4S/c1-5-17(2)29-25(33)18(3)30(16-19-9-6-7-10-21(19)26)24(32)11-8-14-31(36(4,34)35)20-12-13-22(27)23(28)15-20/h6-7,9-10,12-13,15,17-18H,5,8,11,14,16H2,1-4H3,(H,29,33)/t17-,18-/m1/s1. The fraction of sp³-hybridized carbons (Fsp3) is 0.440. The van der Waals surface area contributed by atoms with Crippen molar-refractivity contribution in [3.05, 3.63) is 65.5 Å². The second-order valence-electron chi connectivity index (χ2n) is 8.64. The summed E-state index contributed by atoms with van der Waals surface area (Å²) < 4.78 is 66.7. The van der Waals surface area contributed by atoms with Crippen molar-refractivity contribution in [2.75, 3.05) is 17.1 Å². The molecule has 0 radical (unpaired) electrons. The Labute approximate surface area is 210 Å².